The van der Waals surface area contributed by atoms with Crippen LogP contribution < -0.4 is 0 Å². The van der Waals surface area contributed by atoms with Gasteiger partial charge in [-0.3, -0.25) is 4.99 Å². The SMILES string of the molecule is OC1(Cc2ccc(F)cc2)C(c2ccc(F)cc2)SC2=NCC=CCN21. The minimum atomic E-state index is -1.24. The normalized spacial score (nSPS) is 25.0. The molecule has 134 valence electrons. The molecule has 2 atom stereocenters. The molecule has 0 amide bonds. The molecule has 26 heavy (non-hydrogen) atoms. The molecule has 2 aromatic rings. The molecule has 6 heteroatoms. The number of amidine groups is 1. The van der Waals surface area contributed by atoms with Crippen molar-refractivity contribution < 1.29 is 13.9 Å². The Morgan fingerprint density at radius 1 is 1.04 bits per heavy atom. The first-order valence-corrected chi connectivity index (χ1v) is 9.30. The van der Waals surface area contributed by atoms with Gasteiger partial charge in [-0.05, 0) is 35.4 Å². The van der Waals surface area contributed by atoms with Crippen LogP contribution in [0.3, 0.4) is 0 Å². The molecule has 0 saturated carbocycles. The number of hydrogen-bond donors (Lipinski definition) is 1. The Balaban J connectivity index is 1.74. The zero-order chi connectivity index (χ0) is 18.1. The molecule has 0 aromatic heterocycles. The maximum atomic E-state index is 13.4. The third-order valence-corrected chi connectivity index (χ3v) is 6.12. The molecule has 4 rings (SSSR count). The second kappa shape index (κ2) is 6.85. The van der Waals surface area contributed by atoms with Crippen LogP contribution in [0.5, 0.6) is 0 Å². The maximum absolute atomic E-state index is 13.4. The van der Waals surface area contributed by atoms with Gasteiger partial charge in [0, 0.05) is 13.0 Å². The summed E-state index contributed by atoms with van der Waals surface area (Å²) < 4.78 is 26.6. The van der Waals surface area contributed by atoms with E-state index in [9.17, 15) is 13.9 Å². The Hall–Kier alpha value is -2.18. The fraction of sp³-hybridized carbons (Fsp3) is 0.250. The average molecular weight is 372 g/mol. The highest BCUT2D eigenvalue weighted by molar-refractivity contribution is 8.14. The summed E-state index contributed by atoms with van der Waals surface area (Å²) >= 11 is 1.49. The summed E-state index contributed by atoms with van der Waals surface area (Å²) in [4.78, 5) is 6.44. The highest BCUT2D eigenvalue weighted by Gasteiger charge is 2.51. The smallest absolute Gasteiger partial charge is 0.162 e. The predicted octanol–water partition coefficient (Wildman–Crippen LogP) is 3.91. The number of hydrogen-bond acceptors (Lipinski definition) is 4. The number of aliphatic hydroxyl groups is 1. The molecule has 0 bridgehead atoms. The standard InChI is InChI=1S/C20H18F2N2OS/c21-16-7-3-14(4-8-16)13-20(25)18(15-5-9-17(22)10-6-15)26-19-23-11-1-2-12-24(19)20/h1-10,18,25H,11-13H2. The summed E-state index contributed by atoms with van der Waals surface area (Å²) in [5.74, 6) is -0.620. The van der Waals surface area contributed by atoms with E-state index in [1.54, 1.807) is 24.3 Å². The summed E-state index contributed by atoms with van der Waals surface area (Å²) in [6.45, 7) is 1.11. The van der Waals surface area contributed by atoms with Crippen molar-refractivity contribution in [2.24, 2.45) is 4.99 Å². The van der Waals surface area contributed by atoms with Gasteiger partial charge in [-0.15, -0.1) is 0 Å². The van der Waals surface area contributed by atoms with Crippen molar-refractivity contribution in [2.75, 3.05) is 13.1 Å². The van der Waals surface area contributed by atoms with Gasteiger partial charge in [0.25, 0.3) is 0 Å². The largest absolute Gasteiger partial charge is 0.369 e. The van der Waals surface area contributed by atoms with Crippen molar-refractivity contribution in [3.05, 3.63) is 83.4 Å². The van der Waals surface area contributed by atoms with Crippen LogP contribution in [0.1, 0.15) is 16.4 Å². The monoisotopic (exact) mass is 372 g/mol. The lowest BCUT2D eigenvalue weighted by Crippen LogP contribution is -2.50. The molecule has 2 heterocycles. The van der Waals surface area contributed by atoms with Gasteiger partial charge in [0.1, 0.15) is 11.6 Å². The number of thioether (sulfide) groups is 1. The number of aliphatic imine (C=N–C) groups is 1. The molecule has 2 unspecified atom stereocenters. The van der Waals surface area contributed by atoms with Crippen LogP contribution in [0, 0.1) is 11.6 Å². The second-order valence-corrected chi connectivity index (χ2v) is 7.51. The zero-order valence-corrected chi connectivity index (χ0v) is 14.8. The number of halogens is 2. The second-order valence-electron chi connectivity index (χ2n) is 6.44. The van der Waals surface area contributed by atoms with Crippen molar-refractivity contribution in [2.45, 2.75) is 17.4 Å². The molecule has 1 saturated heterocycles. The molecule has 1 fully saturated rings. The predicted molar refractivity (Wildman–Crippen MR) is 99.9 cm³/mol. The van der Waals surface area contributed by atoms with Gasteiger partial charge < -0.3 is 10.0 Å². The summed E-state index contributed by atoms with van der Waals surface area (Å²) in [6, 6.07) is 12.4. The molecule has 0 aliphatic carbocycles. The van der Waals surface area contributed by atoms with E-state index in [0.717, 1.165) is 16.3 Å². The summed E-state index contributed by atoms with van der Waals surface area (Å²) in [5, 5.41) is 12.2. The minimum Gasteiger partial charge on any atom is -0.369 e. The van der Waals surface area contributed by atoms with E-state index in [1.807, 2.05) is 17.1 Å². The average Bonchev–Trinajstić information content (AvgIpc) is 2.79. The van der Waals surface area contributed by atoms with Crippen LogP contribution in [0.25, 0.3) is 0 Å². The molecule has 0 spiro atoms. The van der Waals surface area contributed by atoms with Crippen LogP contribution in [0.4, 0.5) is 8.78 Å². The summed E-state index contributed by atoms with van der Waals surface area (Å²) in [5.41, 5.74) is 0.422. The fourth-order valence-corrected chi connectivity index (χ4v) is 4.79. The molecule has 2 aliphatic heterocycles. The third-order valence-electron chi connectivity index (χ3n) is 4.68. The van der Waals surface area contributed by atoms with Crippen LogP contribution in [-0.4, -0.2) is 34.0 Å². The van der Waals surface area contributed by atoms with Crippen LogP contribution >= 0.6 is 11.8 Å². The van der Waals surface area contributed by atoms with E-state index in [2.05, 4.69) is 4.99 Å². The van der Waals surface area contributed by atoms with Crippen LogP contribution in [-0.2, 0) is 6.42 Å². The Bertz CT molecular complexity index is 851. The third kappa shape index (κ3) is 3.15. The minimum absolute atomic E-state index is 0.309. The van der Waals surface area contributed by atoms with E-state index in [4.69, 9.17) is 0 Å². The van der Waals surface area contributed by atoms with Gasteiger partial charge in [0.15, 0.2) is 10.9 Å². The van der Waals surface area contributed by atoms with Gasteiger partial charge in [0.05, 0.1) is 11.8 Å². The van der Waals surface area contributed by atoms with Gasteiger partial charge in [-0.1, -0.05) is 48.2 Å². The fourth-order valence-electron chi connectivity index (χ4n) is 3.38. The van der Waals surface area contributed by atoms with Crippen molar-refractivity contribution in [1.29, 1.82) is 0 Å². The van der Waals surface area contributed by atoms with E-state index in [1.165, 1.54) is 36.0 Å². The number of rotatable bonds is 3. The lowest BCUT2D eigenvalue weighted by atomic mass is 9.93. The van der Waals surface area contributed by atoms with Crippen molar-refractivity contribution in [3.63, 3.8) is 0 Å². The Labute approximate surface area is 155 Å². The number of fused-ring (bicyclic) bond motifs is 1. The first kappa shape index (κ1) is 17.2. The topological polar surface area (TPSA) is 35.8 Å². The van der Waals surface area contributed by atoms with Gasteiger partial charge in [-0.25, -0.2) is 8.78 Å². The molecule has 0 radical (unpaired) electrons. The Kier molecular flexibility index (Phi) is 4.54. The molecule has 1 N–H and O–H groups in total. The van der Waals surface area contributed by atoms with Gasteiger partial charge in [0.2, 0.25) is 0 Å². The van der Waals surface area contributed by atoms with E-state index >= 15 is 0 Å². The van der Waals surface area contributed by atoms with E-state index in [-0.39, 0.29) is 16.9 Å². The molecule has 2 aliphatic rings. The maximum Gasteiger partial charge on any atom is 0.162 e. The first-order valence-electron chi connectivity index (χ1n) is 8.42. The number of benzene rings is 2. The van der Waals surface area contributed by atoms with Gasteiger partial charge >= 0.3 is 0 Å². The highest BCUT2D eigenvalue weighted by atomic mass is 32.2. The van der Waals surface area contributed by atoms with Crippen LogP contribution in [0.2, 0.25) is 0 Å². The summed E-state index contributed by atoms with van der Waals surface area (Å²) in [7, 11) is 0. The van der Waals surface area contributed by atoms with Crippen LogP contribution in [0.15, 0.2) is 65.7 Å². The quantitative estimate of drug-likeness (QED) is 0.830. The van der Waals surface area contributed by atoms with Gasteiger partial charge in [-0.2, -0.15) is 0 Å². The van der Waals surface area contributed by atoms with Crippen molar-refractivity contribution in [3.8, 4) is 0 Å². The zero-order valence-electron chi connectivity index (χ0n) is 14.0. The highest BCUT2D eigenvalue weighted by Crippen LogP contribution is 2.50. The summed E-state index contributed by atoms with van der Waals surface area (Å²) in [6.07, 6.45) is 4.27. The molecular weight excluding hydrogens is 354 g/mol. The van der Waals surface area contributed by atoms with E-state index in [0.29, 0.717) is 19.5 Å². The van der Waals surface area contributed by atoms with Crippen molar-refractivity contribution in [1.82, 2.24) is 4.90 Å². The van der Waals surface area contributed by atoms with Crippen molar-refractivity contribution >= 4 is 16.9 Å². The lowest BCUT2D eigenvalue weighted by Gasteiger charge is -2.37. The number of nitrogens with zero attached hydrogens (tertiary/aromatic N) is 2. The Morgan fingerprint density at radius 3 is 2.38 bits per heavy atom. The lowest BCUT2D eigenvalue weighted by molar-refractivity contribution is -0.0589. The first-order chi connectivity index (χ1) is 12.6. The molecule has 2 aromatic carbocycles. The Morgan fingerprint density at radius 2 is 1.69 bits per heavy atom. The van der Waals surface area contributed by atoms with E-state index < -0.39 is 5.72 Å². The molecular formula is C20H18F2N2OS. The molecule has 3 nitrogen and oxygen atoms in total.